The molecule has 0 unspecified atom stereocenters. The number of benzene rings is 1. The molecule has 1 aliphatic heterocycles. The fraction of sp³-hybridized carbons (Fsp3) is 0.400. The predicted molar refractivity (Wildman–Crippen MR) is 104 cm³/mol. The van der Waals surface area contributed by atoms with Gasteiger partial charge in [0.05, 0.1) is 35.2 Å². The van der Waals surface area contributed by atoms with Crippen molar-refractivity contribution in [3.8, 4) is 0 Å². The van der Waals surface area contributed by atoms with Gasteiger partial charge >= 0.3 is 11.9 Å². The van der Waals surface area contributed by atoms with E-state index < -0.39 is 22.8 Å². The minimum Gasteiger partial charge on any atom is -0.463 e. The number of hydrogen-bond donors (Lipinski definition) is 1. The summed E-state index contributed by atoms with van der Waals surface area (Å²) in [6.45, 7) is 5.44. The summed E-state index contributed by atoms with van der Waals surface area (Å²) in [5.74, 6) is -2.12. The van der Waals surface area contributed by atoms with E-state index in [-0.39, 0.29) is 36.7 Å². The number of nitro benzene ring substituents is 1. The van der Waals surface area contributed by atoms with E-state index in [0.717, 1.165) is 0 Å². The highest BCUT2D eigenvalue weighted by Crippen LogP contribution is 2.40. The second kappa shape index (κ2) is 9.83. The third-order valence-electron chi connectivity index (χ3n) is 4.41. The fourth-order valence-corrected chi connectivity index (χ4v) is 3.19. The van der Waals surface area contributed by atoms with Gasteiger partial charge in [0.15, 0.2) is 0 Å². The van der Waals surface area contributed by atoms with Crippen LogP contribution in [0.3, 0.4) is 0 Å². The van der Waals surface area contributed by atoms with Crippen LogP contribution in [0.1, 0.15) is 32.3 Å². The number of ether oxygens (including phenoxy) is 3. The van der Waals surface area contributed by atoms with E-state index in [4.69, 9.17) is 14.2 Å². The standard InChI is InChI=1S/C20H24N2O7/c1-5-28-19(23)16-12(2)21-13(3)17(20(24)29-10-9-27-4)18(16)14-7-6-8-15(11-14)22(25)26/h6-8,11,18,21H,5,9-10H2,1-4H3/t18-/m1/s1. The number of dihydropyridines is 1. The molecule has 1 aromatic carbocycles. The molecule has 0 spiro atoms. The number of hydrogen-bond acceptors (Lipinski definition) is 8. The maximum atomic E-state index is 12.8. The summed E-state index contributed by atoms with van der Waals surface area (Å²) < 4.78 is 15.4. The van der Waals surface area contributed by atoms with Gasteiger partial charge in [-0.2, -0.15) is 0 Å². The molecule has 0 aromatic heterocycles. The van der Waals surface area contributed by atoms with Gasteiger partial charge in [0.25, 0.3) is 5.69 Å². The highest BCUT2D eigenvalue weighted by molar-refractivity contribution is 5.99. The zero-order valence-corrected chi connectivity index (χ0v) is 16.8. The van der Waals surface area contributed by atoms with Crippen LogP contribution in [0.25, 0.3) is 0 Å². The van der Waals surface area contributed by atoms with Crippen molar-refractivity contribution in [2.45, 2.75) is 26.7 Å². The molecule has 0 amide bonds. The Morgan fingerprint density at radius 2 is 1.72 bits per heavy atom. The highest BCUT2D eigenvalue weighted by atomic mass is 16.6. The summed E-state index contributed by atoms with van der Waals surface area (Å²) in [6, 6.07) is 5.83. The van der Waals surface area contributed by atoms with Crippen molar-refractivity contribution in [1.29, 1.82) is 0 Å². The van der Waals surface area contributed by atoms with Gasteiger partial charge in [-0.15, -0.1) is 0 Å². The topological polar surface area (TPSA) is 117 Å². The van der Waals surface area contributed by atoms with Crippen molar-refractivity contribution < 1.29 is 28.7 Å². The van der Waals surface area contributed by atoms with Gasteiger partial charge in [0.1, 0.15) is 6.61 Å². The maximum Gasteiger partial charge on any atom is 0.336 e. The predicted octanol–water partition coefficient (Wildman–Crippen LogP) is 2.58. The average molecular weight is 404 g/mol. The van der Waals surface area contributed by atoms with Crippen molar-refractivity contribution in [2.75, 3.05) is 26.9 Å². The SMILES string of the molecule is CCOC(=O)C1=C(C)NC(C)=C(C(=O)OCCOC)[C@@H]1c1cccc([N+](=O)[O-])c1. The van der Waals surface area contributed by atoms with E-state index >= 15 is 0 Å². The molecule has 0 saturated heterocycles. The van der Waals surface area contributed by atoms with Gasteiger partial charge < -0.3 is 19.5 Å². The number of methoxy groups -OCH3 is 1. The van der Waals surface area contributed by atoms with Gasteiger partial charge in [0, 0.05) is 30.6 Å². The maximum absolute atomic E-state index is 12.8. The summed E-state index contributed by atoms with van der Waals surface area (Å²) in [6.07, 6.45) is 0. The van der Waals surface area contributed by atoms with Crippen molar-refractivity contribution >= 4 is 17.6 Å². The van der Waals surface area contributed by atoms with Crippen molar-refractivity contribution in [3.63, 3.8) is 0 Å². The van der Waals surface area contributed by atoms with Gasteiger partial charge in [-0.1, -0.05) is 12.1 Å². The average Bonchev–Trinajstić information content (AvgIpc) is 2.67. The Balaban J connectivity index is 2.59. The van der Waals surface area contributed by atoms with Crippen LogP contribution in [0, 0.1) is 10.1 Å². The van der Waals surface area contributed by atoms with Crippen LogP contribution in [0.4, 0.5) is 5.69 Å². The zero-order valence-electron chi connectivity index (χ0n) is 16.8. The van der Waals surface area contributed by atoms with E-state index in [1.807, 2.05) is 0 Å². The van der Waals surface area contributed by atoms with E-state index in [1.165, 1.54) is 25.3 Å². The lowest BCUT2D eigenvalue weighted by Gasteiger charge is -2.30. The normalized spacial score (nSPS) is 16.3. The minimum absolute atomic E-state index is 0.0329. The third kappa shape index (κ3) is 5.00. The first kappa shape index (κ1) is 22.1. The summed E-state index contributed by atoms with van der Waals surface area (Å²) in [7, 11) is 1.48. The molecule has 0 aliphatic carbocycles. The molecule has 9 heteroatoms. The molecular weight excluding hydrogens is 380 g/mol. The van der Waals surface area contributed by atoms with E-state index in [9.17, 15) is 19.7 Å². The molecule has 9 nitrogen and oxygen atoms in total. The summed E-state index contributed by atoms with van der Waals surface area (Å²) >= 11 is 0. The number of carbonyl (C=O) groups is 2. The van der Waals surface area contributed by atoms with Crippen molar-refractivity contribution in [1.82, 2.24) is 5.32 Å². The first-order valence-corrected chi connectivity index (χ1v) is 9.07. The van der Waals surface area contributed by atoms with Gasteiger partial charge in [-0.05, 0) is 26.3 Å². The molecule has 1 aromatic rings. The molecule has 0 fully saturated rings. The summed E-state index contributed by atoms with van der Waals surface area (Å²) in [4.78, 5) is 36.2. The molecule has 1 aliphatic rings. The molecule has 29 heavy (non-hydrogen) atoms. The lowest BCUT2D eigenvalue weighted by molar-refractivity contribution is -0.384. The molecule has 0 bridgehead atoms. The van der Waals surface area contributed by atoms with Crippen LogP contribution in [-0.2, 0) is 23.8 Å². The number of rotatable bonds is 8. The second-order valence-electron chi connectivity index (χ2n) is 6.34. The van der Waals surface area contributed by atoms with Crippen molar-refractivity contribution in [2.24, 2.45) is 0 Å². The number of esters is 2. The quantitative estimate of drug-likeness (QED) is 0.304. The van der Waals surface area contributed by atoms with Gasteiger partial charge in [0.2, 0.25) is 0 Å². The molecule has 1 N–H and O–H groups in total. The number of carbonyl (C=O) groups excluding carboxylic acids is 2. The fourth-order valence-electron chi connectivity index (χ4n) is 3.19. The number of nitrogens with zero attached hydrogens (tertiary/aromatic N) is 1. The Labute approximate surface area is 168 Å². The lowest BCUT2D eigenvalue weighted by Crippen LogP contribution is -2.32. The summed E-state index contributed by atoms with van der Waals surface area (Å²) in [5.41, 5.74) is 1.67. The Hall–Kier alpha value is -3.20. The number of nitro groups is 1. The van der Waals surface area contributed by atoms with Crippen LogP contribution >= 0.6 is 0 Å². The van der Waals surface area contributed by atoms with Crippen LogP contribution in [-0.4, -0.2) is 43.8 Å². The first-order valence-electron chi connectivity index (χ1n) is 9.07. The monoisotopic (exact) mass is 404 g/mol. The lowest BCUT2D eigenvalue weighted by atomic mass is 9.80. The van der Waals surface area contributed by atoms with E-state index in [2.05, 4.69) is 5.32 Å². The summed E-state index contributed by atoms with van der Waals surface area (Å²) in [5, 5.41) is 14.3. The molecule has 1 atom stereocenters. The molecule has 2 rings (SSSR count). The molecule has 1 heterocycles. The second-order valence-corrected chi connectivity index (χ2v) is 6.34. The van der Waals surface area contributed by atoms with E-state index in [0.29, 0.717) is 17.0 Å². The number of non-ortho nitro benzene ring substituents is 1. The largest absolute Gasteiger partial charge is 0.463 e. The minimum atomic E-state index is -0.870. The Bertz CT molecular complexity index is 873. The van der Waals surface area contributed by atoms with Gasteiger partial charge in [-0.3, -0.25) is 10.1 Å². The molecule has 156 valence electrons. The number of allylic oxidation sites excluding steroid dienone is 2. The van der Waals surface area contributed by atoms with E-state index in [1.54, 1.807) is 26.8 Å². The van der Waals surface area contributed by atoms with Crippen LogP contribution in [0.2, 0.25) is 0 Å². The third-order valence-corrected chi connectivity index (χ3v) is 4.41. The van der Waals surface area contributed by atoms with Crippen LogP contribution < -0.4 is 5.32 Å². The molecular formula is C20H24N2O7. The highest BCUT2D eigenvalue weighted by Gasteiger charge is 2.38. The molecule has 0 saturated carbocycles. The Morgan fingerprint density at radius 3 is 2.28 bits per heavy atom. The Morgan fingerprint density at radius 1 is 1.10 bits per heavy atom. The van der Waals surface area contributed by atoms with Crippen LogP contribution in [0.15, 0.2) is 46.8 Å². The molecule has 0 radical (unpaired) electrons. The Kier molecular flexibility index (Phi) is 7.49. The van der Waals surface area contributed by atoms with Crippen LogP contribution in [0.5, 0.6) is 0 Å². The van der Waals surface area contributed by atoms with Crippen molar-refractivity contribution in [3.05, 3.63) is 62.5 Å². The smallest absolute Gasteiger partial charge is 0.336 e. The zero-order chi connectivity index (χ0) is 21.6. The number of nitrogens with one attached hydrogen (secondary N) is 1. The van der Waals surface area contributed by atoms with Gasteiger partial charge in [-0.25, -0.2) is 9.59 Å². The first-order chi connectivity index (χ1) is 13.8.